The summed E-state index contributed by atoms with van der Waals surface area (Å²) < 4.78 is 0. The van der Waals surface area contributed by atoms with Crippen LogP contribution in [0.5, 0.6) is 0 Å². The van der Waals surface area contributed by atoms with Crippen molar-refractivity contribution in [3.8, 4) is 0 Å². The number of aryl methyl sites for hydroxylation is 1. The maximum atomic E-state index is 5.51. The average molecular weight is 201 g/mol. The van der Waals surface area contributed by atoms with Gasteiger partial charge < -0.3 is 5.73 Å². The van der Waals surface area contributed by atoms with E-state index in [0.29, 0.717) is 5.82 Å². The minimum atomic E-state index is 0.634. The maximum absolute atomic E-state index is 5.51. The van der Waals surface area contributed by atoms with E-state index in [2.05, 4.69) is 9.97 Å². The van der Waals surface area contributed by atoms with Crippen LogP contribution in [0.4, 0.5) is 5.82 Å². The lowest BCUT2D eigenvalue weighted by molar-refractivity contribution is 1.23. The van der Waals surface area contributed by atoms with E-state index in [0.717, 1.165) is 5.56 Å². The summed E-state index contributed by atoms with van der Waals surface area (Å²) in [5.74, 6) is 0.634. The Balaban J connectivity index is 0.000000162. The molecule has 2 rings (SSSR count). The summed E-state index contributed by atoms with van der Waals surface area (Å²) in [5.41, 5.74) is 7.79. The Labute approximate surface area is 90.0 Å². The molecule has 3 nitrogen and oxygen atoms in total. The van der Waals surface area contributed by atoms with Crippen molar-refractivity contribution in [2.75, 3.05) is 5.73 Å². The van der Waals surface area contributed by atoms with Crippen molar-refractivity contribution >= 4 is 5.82 Å². The molecule has 0 bridgehead atoms. The fourth-order valence-electron chi connectivity index (χ4n) is 0.966. The van der Waals surface area contributed by atoms with Crippen LogP contribution < -0.4 is 5.73 Å². The first-order chi connectivity index (χ1) is 7.22. The molecule has 0 fully saturated rings. The van der Waals surface area contributed by atoms with Crippen molar-refractivity contribution in [1.82, 2.24) is 9.97 Å². The van der Waals surface area contributed by atoms with Gasteiger partial charge in [0.25, 0.3) is 0 Å². The lowest BCUT2D eigenvalue weighted by Crippen LogP contribution is -1.94. The lowest BCUT2D eigenvalue weighted by atomic mass is 10.2. The van der Waals surface area contributed by atoms with Gasteiger partial charge in [0.05, 0.1) is 0 Å². The highest BCUT2D eigenvalue weighted by Gasteiger charge is 1.94. The number of rotatable bonds is 0. The van der Waals surface area contributed by atoms with E-state index in [1.54, 1.807) is 18.6 Å². The van der Waals surface area contributed by atoms with E-state index >= 15 is 0 Å². The molecule has 0 aliphatic rings. The molecule has 0 aliphatic carbocycles. The van der Waals surface area contributed by atoms with Crippen molar-refractivity contribution in [3.63, 3.8) is 0 Å². The normalized spacial score (nSPS) is 8.93. The summed E-state index contributed by atoms with van der Waals surface area (Å²) in [6, 6.07) is 7.67. The fraction of sp³-hybridized carbons (Fsp3) is 0.167. The standard InChI is InChI=1S/C7H10N2.C5H5N/c1-5-3-4-9-7(8)6(5)2;1-2-4-6-5-3-1/h3-4H,1-2H3,(H2,8,9);1-5H. The molecule has 0 saturated carbocycles. The number of anilines is 1. The van der Waals surface area contributed by atoms with E-state index in [-0.39, 0.29) is 0 Å². The number of hydrogen-bond acceptors (Lipinski definition) is 3. The van der Waals surface area contributed by atoms with Crippen LogP contribution >= 0.6 is 0 Å². The molecule has 0 aliphatic heterocycles. The van der Waals surface area contributed by atoms with Gasteiger partial charge in [0.15, 0.2) is 0 Å². The molecule has 2 aromatic heterocycles. The smallest absolute Gasteiger partial charge is 0.126 e. The highest BCUT2D eigenvalue weighted by atomic mass is 14.8. The number of nitrogens with zero attached hydrogens (tertiary/aromatic N) is 2. The molecule has 2 aromatic rings. The van der Waals surface area contributed by atoms with Gasteiger partial charge in [0.1, 0.15) is 5.82 Å². The second-order valence-corrected chi connectivity index (χ2v) is 3.16. The quantitative estimate of drug-likeness (QED) is 0.711. The van der Waals surface area contributed by atoms with Gasteiger partial charge in [-0.2, -0.15) is 0 Å². The van der Waals surface area contributed by atoms with Crippen LogP contribution in [0.3, 0.4) is 0 Å². The second kappa shape index (κ2) is 5.75. The van der Waals surface area contributed by atoms with Gasteiger partial charge in [-0.15, -0.1) is 0 Å². The van der Waals surface area contributed by atoms with E-state index < -0.39 is 0 Å². The Morgan fingerprint density at radius 2 is 1.67 bits per heavy atom. The average Bonchev–Trinajstić information content (AvgIpc) is 2.29. The molecule has 2 heterocycles. The third kappa shape index (κ3) is 3.77. The molecule has 3 heteroatoms. The van der Waals surface area contributed by atoms with Gasteiger partial charge in [-0.05, 0) is 43.2 Å². The van der Waals surface area contributed by atoms with Crippen molar-refractivity contribution in [3.05, 3.63) is 54.0 Å². The molecule has 15 heavy (non-hydrogen) atoms. The van der Waals surface area contributed by atoms with Gasteiger partial charge >= 0.3 is 0 Å². The second-order valence-electron chi connectivity index (χ2n) is 3.16. The Bertz CT molecular complexity index is 352. The van der Waals surface area contributed by atoms with E-state index in [1.807, 2.05) is 38.1 Å². The Kier molecular flexibility index (Phi) is 4.29. The van der Waals surface area contributed by atoms with Crippen LogP contribution in [-0.4, -0.2) is 9.97 Å². The van der Waals surface area contributed by atoms with Gasteiger partial charge in [-0.3, -0.25) is 4.98 Å². The molecule has 0 unspecified atom stereocenters. The molecule has 78 valence electrons. The summed E-state index contributed by atoms with van der Waals surface area (Å²) in [6.45, 7) is 3.99. The number of aromatic nitrogens is 2. The largest absolute Gasteiger partial charge is 0.383 e. The highest BCUT2D eigenvalue weighted by molar-refractivity contribution is 5.42. The molecule has 0 saturated heterocycles. The summed E-state index contributed by atoms with van der Waals surface area (Å²) in [5, 5.41) is 0. The zero-order valence-electron chi connectivity index (χ0n) is 9.01. The first-order valence-corrected chi connectivity index (χ1v) is 4.74. The van der Waals surface area contributed by atoms with Crippen LogP contribution in [0.2, 0.25) is 0 Å². The third-order valence-electron chi connectivity index (χ3n) is 2.08. The Morgan fingerprint density at radius 1 is 1.00 bits per heavy atom. The van der Waals surface area contributed by atoms with Crippen molar-refractivity contribution in [2.24, 2.45) is 0 Å². The van der Waals surface area contributed by atoms with Crippen LogP contribution in [-0.2, 0) is 0 Å². The molecular weight excluding hydrogens is 186 g/mol. The fourth-order valence-corrected chi connectivity index (χ4v) is 0.966. The minimum Gasteiger partial charge on any atom is -0.383 e. The molecule has 0 spiro atoms. The monoisotopic (exact) mass is 201 g/mol. The van der Waals surface area contributed by atoms with E-state index in [1.165, 1.54) is 5.56 Å². The molecule has 2 N–H and O–H groups in total. The predicted molar refractivity (Wildman–Crippen MR) is 62.4 cm³/mol. The summed E-state index contributed by atoms with van der Waals surface area (Å²) in [7, 11) is 0. The highest BCUT2D eigenvalue weighted by Crippen LogP contribution is 2.09. The van der Waals surface area contributed by atoms with Gasteiger partial charge in [-0.25, -0.2) is 4.98 Å². The summed E-state index contributed by atoms with van der Waals surface area (Å²) >= 11 is 0. The van der Waals surface area contributed by atoms with E-state index in [9.17, 15) is 0 Å². The Morgan fingerprint density at radius 3 is 2.00 bits per heavy atom. The summed E-state index contributed by atoms with van der Waals surface area (Å²) in [4.78, 5) is 7.70. The van der Waals surface area contributed by atoms with Gasteiger partial charge in [0, 0.05) is 18.6 Å². The van der Waals surface area contributed by atoms with Gasteiger partial charge in [0.2, 0.25) is 0 Å². The van der Waals surface area contributed by atoms with Crippen LogP contribution in [0, 0.1) is 13.8 Å². The van der Waals surface area contributed by atoms with Crippen LogP contribution in [0.15, 0.2) is 42.9 Å². The number of nitrogens with two attached hydrogens (primary N) is 1. The van der Waals surface area contributed by atoms with Crippen molar-refractivity contribution in [1.29, 1.82) is 0 Å². The SMILES string of the molecule is Cc1ccnc(N)c1C.c1ccncc1. The molecule has 0 atom stereocenters. The minimum absolute atomic E-state index is 0.634. The number of pyridine rings is 2. The Hall–Kier alpha value is -1.90. The van der Waals surface area contributed by atoms with Crippen molar-refractivity contribution < 1.29 is 0 Å². The number of hydrogen-bond donors (Lipinski definition) is 1. The van der Waals surface area contributed by atoms with Crippen molar-refractivity contribution in [2.45, 2.75) is 13.8 Å². The lowest BCUT2D eigenvalue weighted by Gasteiger charge is -1.99. The van der Waals surface area contributed by atoms with Gasteiger partial charge in [-0.1, -0.05) is 6.07 Å². The summed E-state index contributed by atoms with van der Waals surface area (Å²) in [6.07, 6.45) is 5.22. The first-order valence-electron chi connectivity index (χ1n) is 4.74. The molecule has 0 amide bonds. The predicted octanol–water partition coefficient (Wildman–Crippen LogP) is 2.36. The van der Waals surface area contributed by atoms with Crippen LogP contribution in [0.1, 0.15) is 11.1 Å². The zero-order chi connectivity index (χ0) is 11.1. The number of nitrogen functional groups attached to an aromatic ring is 1. The third-order valence-corrected chi connectivity index (χ3v) is 2.08. The molecule has 0 aromatic carbocycles. The zero-order valence-corrected chi connectivity index (χ0v) is 9.01. The van der Waals surface area contributed by atoms with E-state index in [4.69, 9.17) is 5.73 Å². The topological polar surface area (TPSA) is 51.8 Å². The molecule has 0 radical (unpaired) electrons. The van der Waals surface area contributed by atoms with Crippen LogP contribution in [0.25, 0.3) is 0 Å². The first kappa shape index (κ1) is 11.2. The maximum Gasteiger partial charge on any atom is 0.126 e. The molecular formula is C12H15N3.